The fraction of sp³-hybridized carbons (Fsp3) is 0.250. The normalized spacial score (nSPS) is 11.3. The van der Waals surface area contributed by atoms with E-state index in [1.54, 1.807) is 31.2 Å². The van der Waals surface area contributed by atoms with E-state index in [4.69, 9.17) is 0 Å². The van der Waals surface area contributed by atoms with Crippen molar-refractivity contribution in [2.45, 2.75) is 13.3 Å². The van der Waals surface area contributed by atoms with E-state index in [0.717, 1.165) is 10.0 Å². The Morgan fingerprint density at radius 1 is 1.09 bits per heavy atom. The first-order valence-corrected chi connectivity index (χ1v) is 9.62. The summed E-state index contributed by atoms with van der Waals surface area (Å²) in [7, 11) is -3.34. The number of hydrogen-bond donors (Lipinski definition) is 2. The molecule has 0 saturated carbocycles. The Kier molecular flexibility index (Phi) is 6.01. The molecule has 124 valence electrons. The van der Waals surface area contributed by atoms with E-state index in [1.807, 2.05) is 6.07 Å². The van der Waals surface area contributed by atoms with Gasteiger partial charge in [-0.25, -0.2) is 12.8 Å². The summed E-state index contributed by atoms with van der Waals surface area (Å²) < 4.78 is 39.8. The van der Waals surface area contributed by atoms with Crippen LogP contribution in [0.1, 0.15) is 12.5 Å². The maximum atomic E-state index is 12.9. The van der Waals surface area contributed by atoms with Gasteiger partial charge >= 0.3 is 0 Å². The molecule has 2 N–H and O–H groups in total. The first-order chi connectivity index (χ1) is 10.9. The number of benzene rings is 2. The Bertz CT molecular complexity index is 764. The molecular weight excluding hydrogens is 383 g/mol. The standard InChI is InChI=1S/C16H18BrFN2O2S/c1-2-23(21,22)20-15-8-5-13(17)11-16(15)19-10-9-12-3-6-14(18)7-4-12/h3-8,11,19-20H,2,9-10H2,1H3. The minimum Gasteiger partial charge on any atom is -0.383 e. The molecule has 0 atom stereocenters. The van der Waals surface area contributed by atoms with E-state index in [-0.39, 0.29) is 11.6 Å². The monoisotopic (exact) mass is 400 g/mol. The molecule has 2 rings (SSSR count). The van der Waals surface area contributed by atoms with Crippen molar-refractivity contribution >= 4 is 37.3 Å². The van der Waals surface area contributed by atoms with Gasteiger partial charge < -0.3 is 5.32 Å². The van der Waals surface area contributed by atoms with Crippen LogP contribution in [0.25, 0.3) is 0 Å². The highest BCUT2D eigenvalue weighted by Gasteiger charge is 2.10. The zero-order valence-electron chi connectivity index (χ0n) is 12.6. The molecule has 0 radical (unpaired) electrons. The Morgan fingerprint density at radius 2 is 1.78 bits per heavy atom. The summed E-state index contributed by atoms with van der Waals surface area (Å²) in [6, 6.07) is 11.6. The molecule has 0 aliphatic heterocycles. The average Bonchev–Trinajstić information content (AvgIpc) is 2.52. The van der Waals surface area contributed by atoms with Gasteiger partial charge in [0.15, 0.2) is 0 Å². The van der Waals surface area contributed by atoms with Crippen molar-refractivity contribution in [3.8, 4) is 0 Å². The molecule has 0 aliphatic rings. The van der Waals surface area contributed by atoms with Crippen LogP contribution in [-0.2, 0) is 16.4 Å². The Hall–Kier alpha value is -1.60. The number of rotatable bonds is 7. The molecule has 4 nitrogen and oxygen atoms in total. The molecule has 0 bridgehead atoms. The number of halogens is 2. The van der Waals surface area contributed by atoms with Crippen molar-refractivity contribution in [1.82, 2.24) is 0 Å². The third-order valence-electron chi connectivity index (χ3n) is 3.27. The Balaban J connectivity index is 2.06. The SMILES string of the molecule is CCS(=O)(=O)Nc1ccc(Br)cc1NCCc1ccc(F)cc1. The van der Waals surface area contributed by atoms with E-state index in [2.05, 4.69) is 26.0 Å². The van der Waals surface area contributed by atoms with Crippen LogP contribution in [0.15, 0.2) is 46.9 Å². The molecule has 2 aromatic carbocycles. The Morgan fingerprint density at radius 3 is 2.43 bits per heavy atom. The third kappa shape index (κ3) is 5.51. The molecule has 0 aromatic heterocycles. The molecule has 0 amide bonds. The van der Waals surface area contributed by atoms with Crippen LogP contribution in [0.5, 0.6) is 0 Å². The first kappa shape index (κ1) is 17.7. The molecule has 0 saturated heterocycles. The second kappa shape index (κ2) is 7.79. The van der Waals surface area contributed by atoms with Crippen LogP contribution in [-0.4, -0.2) is 20.7 Å². The van der Waals surface area contributed by atoms with Gasteiger partial charge in [-0.3, -0.25) is 4.72 Å². The van der Waals surface area contributed by atoms with E-state index >= 15 is 0 Å². The summed E-state index contributed by atoms with van der Waals surface area (Å²) >= 11 is 3.38. The van der Waals surface area contributed by atoms with Crippen molar-refractivity contribution in [2.24, 2.45) is 0 Å². The maximum absolute atomic E-state index is 12.9. The van der Waals surface area contributed by atoms with E-state index in [9.17, 15) is 12.8 Å². The topological polar surface area (TPSA) is 58.2 Å². The lowest BCUT2D eigenvalue weighted by molar-refractivity contribution is 0.602. The largest absolute Gasteiger partial charge is 0.383 e. The molecule has 7 heteroatoms. The molecule has 0 heterocycles. The zero-order valence-corrected chi connectivity index (χ0v) is 15.0. The fourth-order valence-electron chi connectivity index (χ4n) is 1.98. The predicted octanol–water partition coefficient (Wildman–Crippen LogP) is 4.00. The van der Waals surface area contributed by atoms with Gasteiger partial charge in [0.05, 0.1) is 17.1 Å². The van der Waals surface area contributed by atoms with Gasteiger partial charge in [-0.2, -0.15) is 0 Å². The van der Waals surface area contributed by atoms with Crippen molar-refractivity contribution < 1.29 is 12.8 Å². The van der Waals surface area contributed by atoms with Crippen LogP contribution in [0, 0.1) is 5.82 Å². The van der Waals surface area contributed by atoms with Gasteiger partial charge in [-0.1, -0.05) is 28.1 Å². The van der Waals surface area contributed by atoms with Crippen LogP contribution in [0.2, 0.25) is 0 Å². The highest BCUT2D eigenvalue weighted by Crippen LogP contribution is 2.27. The molecule has 0 aliphatic carbocycles. The highest BCUT2D eigenvalue weighted by atomic mass is 79.9. The van der Waals surface area contributed by atoms with Crippen molar-refractivity contribution in [2.75, 3.05) is 22.3 Å². The number of anilines is 2. The summed E-state index contributed by atoms with van der Waals surface area (Å²) in [4.78, 5) is 0. The second-order valence-electron chi connectivity index (χ2n) is 5.00. The van der Waals surface area contributed by atoms with Gasteiger partial charge in [-0.15, -0.1) is 0 Å². The summed E-state index contributed by atoms with van der Waals surface area (Å²) in [5.74, 6) is -0.247. The van der Waals surface area contributed by atoms with Crippen molar-refractivity contribution in [3.63, 3.8) is 0 Å². The minimum absolute atomic E-state index is 0.0120. The smallest absolute Gasteiger partial charge is 0.232 e. The van der Waals surface area contributed by atoms with Crippen LogP contribution in [0.4, 0.5) is 15.8 Å². The lowest BCUT2D eigenvalue weighted by Crippen LogP contribution is -2.16. The summed E-state index contributed by atoms with van der Waals surface area (Å²) in [6.45, 7) is 2.19. The van der Waals surface area contributed by atoms with Crippen molar-refractivity contribution in [1.29, 1.82) is 0 Å². The van der Waals surface area contributed by atoms with E-state index in [0.29, 0.717) is 24.3 Å². The fourth-order valence-corrected chi connectivity index (χ4v) is 3.00. The summed E-state index contributed by atoms with van der Waals surface area (Å²) in [5, 5.41) is 3.21. The van der Waals surface area contributed by atoms with Gasteiger partial charge in [0.2, 0.25) is 10.0 Å². The first-order valence-electron chi connectivity index (χ1n) is 7.18. The lowest BCUT2D eigenvalue weighted by atomic mass is 10.1. The molecule has 0 unspecified atom stereocenters. The number of sulfonamides is 1. The molecule has 0 spiro atoms. The molecule has 0 fully saturated rings. The highest BCUT2D eigenvalue weighted by molar-refractivity contribution is 9.10. The lowest BCUT2D eigenvalue weighted by Gasteiger charge is -2.14. The van der Waals surface area contributed by atoms with Crippen LogP contribution < -0.4 is 10.0 Å². The quantitative estimate of drug-likeness (QED) is 0.737. The molecular formula is C16H18BrFN2O2S. The van der Waals surface area contributed by atoms with Crippen LogP contribution >= 0.6 is 15.9 Å². The minimum atomic E-state index is -3.34. The zero-order chi connectivity index (χ0) is 16.9. The van der Waals surface area contributed by atoms with Gasteiger partial charge in [-0.05, 0) is 49.2 Å². The second-order valence-corrected chi connectivity index (χ2v) is 7.93. The van der Waals surface area contributed by atoms with E-state index in [1.165, 1.54) is 12.1 Å². The average molecular weight is 401 g/mol. The third-order valence-corrected chi connectivity index (χ3v) is 5.05. The van der Waals surface area contributed by atoms with E-state index < -0.39 is 10.0 Å². The Labute approximate surface area is 144 Å². The van der Waals surface area contributed by atoms with Crippen LogP contribution in [0.3, 0.4) is 0 Å². The maximum Gasteiger partial charge on any atom is 0.232 e. The summed E-state index contributed by atoms with van der Waals surface area (Å²) in [6.07, 6.45) is 0.701. The summed E-state index contributed by atoms with van der Waals surface area (Å²) in [5.41, 5.74) is 2.21. The molecule has 2 aromatic rings. The molecule has 23 heavy (non-hydrogen) atoms. The van der Waals surface area contributed by atoms with Gasteiger partial charge in [0, 0.05) is 11.0 Å². The predicted molar refractivity (Wildman–Crippen MR) is 95.8 cm³/mol. The van der Waals surface area contributed by atoms with Gasteiger partial charge in [0.1, 0.15) is 5.82 Å². The number of hydrogen-bond acceptors (Lipinski definition) is 3. The number of nitrogens with one attached hydrogen (secondary N) is 2. The van der Waals surface area contributed by atoms with Gasteiger partial charge in [0.25, 0.3) is 0 Å². The van der Waals surface area contributed by atoms with Crippen molar-refractivity contribution in [3.05, 3.63) is 58.3 Å².